The van der Waals surface area contributed by atoms with Gasteiger partial charge in [-0.05, 0) is 24.6 Å². The minimum atomic E-state index is 0.0954. The molecule has 1 amide bonds. The fourth-order valence-corrected chi connectivity index (χ4v) is 3.37. The van der Waals surface area contributed by atoms with Crippen LogP contribution in [-0.4, -0.2) is 27.3 Å². The van der Waals surface area contributed by atoms with E-state index in [-0.39, 0.29) is 17.9 Å². The van der Waals surface area contributed by atoms with Crippen molar-refractivity contribution < 1.29 is 4.79 Å². The molecule has 0 bridgehead atoms. The van der Waals surface area contributed by atoms with Crippen LogP contribution in [0, 0.1) is 0 Å². The topological polar surface area (TPSA) is 49.0 Å². The van der Waals surface area contributed by atoms with Crippen LogP contribution in [0.25, 0.3) is 11.0 Å². The van der Waals surface area contributed by atoms with E-state index in [0.717, 1.165) is 16.9 Å². The lowest BCUT2D eigenvalue weighted by Gasteiger charge is -2.25. The van der Waals surface area contributed by atoms with Crippen LogP contribution >= 0.6 is 0 Å². The number of hydrogen-bond acceptors (Lipinski definition) is 2. The lowest BCUT2D eigenvalue weighted by atomic mass is 10.1. The number of nitrogens with one attached hydrogen (secondary N) is 1. The van der Waals surface area contributed by atoms with Crippen LogP contribution in [-0.2, 0) is 4.79 Å². The molecule has 0 unspecified atom stereocenters. The van der Waals surface area contributed by atoms with E-state index in [2.05, 4.69) is 29.0 Å². The number of likely N-dealkylation sites (tertiary alicyclic amines) is 1. The lowest BCUT2D eigenvalue weighted by Crippen LogP contribution is -2.28. The number of aromatic amines is 1. The van der Waals surface area contributed by atoms with E-state index < -0.39 is 0 Å². The number of para-hydroxylation sites is 2. The van der Waals surface area contributed by atoms with Gasteiger partial charge in [-0.2, -0.15) is 0 Å². The van der Waals surface area contributed by atoms with Gasteiger partial charge in [-0.15, -0.1) is 0 Å². The summed E-state index contributed by atoms with van der Waals surface area (Å²) in [6.45, 7) is 2.81. The largest absolute Gasteiger partial charge is 0.342 e. The highest BCUT2D eigenvalue weighted by Gasteiger charge is 2.35. The summed E-state index contributed by atoms with van der Waals surface area (Å²) in [5.74, 6) is 1.26. The van der Waals surface area contributed by atoms with Gasteiger partial charge in [0, 0.05) is 18.9 Å². The zero-order chi connectivity index (χ0) is 15.8. The maximum atomic E-state index is 12.5. The van der Waals surface area contributed by atoms with Crippen molar-refractivity contribution in [2.24, 2.45) is 0 Å². The minimum absolute atomic E-state index is 0.0954. The standard InChI is InChI=1S/C19H19N3O/c1-13(14-7-3-2-4-8-14)22-12-15(11-18(22)23)19-20-16-9-5-6-10-17(16)21-19/h2-10,13,15H,11-12H2,1H3,(H,20,21)/t13-,15+/m0/s1. The number of carbonyl (C=O) groups excluding carboxylic acids is 1. The molecule has 4 nitrogen and oxygen atoms in total. The second-order valence-corrected chi connectivity index (χ2v) is 6.17. The van der Waals surface area contributed by atoms with Gasteiger partial charge in [0.15, 0.2) is 0 Å². The lowest BCUT2D eigenvalue weighted by molar-refractivity contribution is -0.129. The Bertz CT molecular complexity index is 807. The van der Waals surface area contributed by atoms with Gasteiger partial charge >= 0.3 is 0 Å². The van der Waals surface area contributed by atoms with Gasteiger partial charge in [0.1, 0.15) is 5.82 Å². The number of hydrogen-bond donors (Lipinski definition) is 1. The molecule has 0 radical (unpaired) electrons. The van der Waals surface area contributed by atoms with Crippen LogP contribution in [0.3, 0.4) is 0 Å². The van der Waals surface area contributed by atoms with Crippen molar-refractivity contribution in [3.8, 4) is 0 Å². The molecule has 1 aromatic heterocycles. The van der Waals surface area contributed by atoms with E-state index in [4.69, 9.17) is 0 Å². The first kappa shape index (κ1) is 14.0. The Kier molecular flexibility index (Phi) is 3.37. The predicted molar refractivity (Wildman–Crippen MR) is 90.0 cm³/mol. The molecule has 4 heteroatoms. The molecule has 3 aromatic rings. The van der Waals surface area contributed by atoms with Crippen molar-refractivity contribution in [1.82, 2.24) is 14.9 Å². The summed E-state index contributed by atoms with van der Waals surface area (Å²) in [4.78, 5) is 22.5. The van der Waals surface area contributed by atoms with E-state index in [1.807, 2.05) is 47.4 Å². The van der Waals surface area contributed by atoms with E-state index in [9.17, 15) is 4.79 Å². The van der Waals surface area contributed by atoms with Gasteiger partial charge in [-0.1, -0.05) is 42.5 Å². The zero-order valence-corrected chi connectivity index (χ0v) is 13.1. The molecule has 0 aliphatic carbocycles. The molecule has 0 spiro atoms. The minimum Gasteiger partial charge on any atom is -0.342 e. The van der Waals surface area contributed by atoms with E-state index in [1.54, 1.807) is 0 Å². The van der Waals surface area contributed by atoms with Crippen molar-refractivity contribution in [2.75, 3.05) is 6.54 Å². The number of amides is 1. The number of rotatable bonds is 3. The van der Waals surface area contributed by atoms with E-state index in [0.29, 0.717) is 13.0 Å². The third-order valence-corrected chi connectivity index (χ3v) is 4.70. The van der Waals surface area contributed by atoms with Crippen LogP contribution in [0.4, 0.5) is 0 Å². The Labute approximate surface area is 135 Å². The Morgan fingerprint density at radius 2 is 1.87 bits per heavy atom. The summed E-state index contributed by atoms with van der Waals surface area (Å²) < 4.78 is 0. The molecule has 23 heavy (non-hydrogen) atoms. The molecule has 2 aromatic carbocycles. The van der Waals surface area contributed by atoms with Crippen molar-refractivity contribution in [3.63, 3.8) is 0 Å². The first-order valence-electron chi connectivity index (χ1n) is 8.01. The molecule has 4 rings (SSSR count). The summed E-state index contributed by atoms with van der Waals surface area (Å²) in [5, 5.41) is 0. The molecule has 0 saturated carbocycles. The molecule has 2 heterocycles. The van der Waals surface area contributed by atoms with Gasteiger partial charge in [0.25, 0.3) is 0 Å². The maximum absolute atomic E-state index is 12.5. The van der Waals surface area contributed by atoms with E-state index >= 15 is 0 Å². The van der Waals surface area contributed by atoms with Gasteiger partial charge in [0.2, 0.25) is 5.91 Å². The second kappa shape index (κ2) is 5.54. The van der Waals surface area contributed by atoms with Crippen molar-refractivity contribution in [1.29, 1.82) is 0 Å². The molecule has 1 N–H and O–H groups in total. The third kappa shape index (κ3) is 2.50. The average molecular weight is 305 g/mol. The quantitative estimate of drug-likeness (QED) is 0.803. The SMILES string of the molecule is C[C@@H](c1ccccc1)N1C[C@H](c2nc3ccccc3[nH]2)CC1=O. The molecule has 116 valence electrons. The summed E-state index contributed by atoms with van der Waals surface area (Å²) in [6.07, 6.45) is 0.525. The number of imidazole rings is 1. The first-order chi connectivity index (χ1) is 11.2. The number of benzene rings is 2. The molecule has 1 saturated heterocycles. The molecule has 1 aliphatic rings. The van der Waals surface area contributed by atoms with Gasteiger partial charge < -0.3 is 9.88 Å². The maximum Gasteiger partial charge on any atom is 0.223 e. The average Bonchev–Trinajstić information content (AvgIpc) is 3.18. The summed E-state index contributed by atoms with van der Waals surface area (Å²) in [7, 11) is 0. The van der Waals surface area contributed by atoms with Crippen LogP contribution in [0.15, 0.2) is 54.6 Å². The summed E-state index contributed by atoms with van der Waals surface area (Å²) in [6, 6.07) is 18.3. The highest BCUT2D eigenvalue weighted by atomic mass is 16.2. The molecule has 1 aliphatic heterocycles. The Hall–Kier alpha value is -2.62. The van der Waals surface area contributed by atoms with Crippen LogP contribution < -0.4 is 0 Å². The summed E-state index contributed by atoms with van der Waals surface area (Å²) >= 11 is 0. The third-order valence-electron chi connectivity index (χ3n) is 4.70. The predicted octanol–water partition coefficient (Wildman–Crippen LogP) is 3.64. The van der Waals surface area contributed by atoms with Gasteiger partial charge in [0.05, 0.1) is 17.1 Å². The highest BCUT2D eigenvalue weighted by molar-refractivity contribution is 5.81. The number of H-pyrrole nitrogens is 1. The van der Waals surface area contributed by atoms with Crippen molar-refractivity contribution in [3.05, 3.63) is 66.0 Å². The van der Waals surface area contributed by atoms with Crippen LogP contribution in [0.5, 0.6) is 0 Å². The van der Waals surface area contributed by atoms with Crippen molar-refractivity contribution in [2.45, 2.75) is 25.3 Å². The highest BCUT2D eigenvalue weighted by Crippen LogP contribution is 2.33. The molecular weight excluding hydrogens is 286 g/mol. The zero-order valence-electron chi connectivity index (χ0n) is 13.1. The number of fused-ring (bicyclic) bond motifs is 1. The Morgan fingerprint density at radius 3 is 2.65 bits per heavy atom. The second-order valence-electron chi connectivity index (χ2n) is 6.17. The van der Waals surface area contributed by atoms with E-state index in [1.165, 1.54) is 5.56 Å². The molecule has 1 fully saturated rings. The Morgan fingerprint density at radius 1 is 1.13 bits per heavy atom. The molecular formula is C19H19N3O. The Balaban J connectivity index is 1.58. The fourth-order valence-electron chi connectivity index (χ4n) is 3.37. The molecule has 2 atom stereocenters. The summed E-state index contributed by atoms with van der Waals surface area (Å²) in [5.41, 5.74) is 3.17. The van der Waals surface area contributed by atoms with Crippen molar-refractivity contribution >= 4 is 16.9 Å². The first-order valence-corrected chi connectivity index (χ1v) is 8.01. The van der Waals surface area contributed by atoms with Crippen LogP contribution in [0.2, 0.25) is 0 Å². The number of carbonyl (C=O) groups is 1. The number of aromatic nitrogens is 2. The van der Waals surface area contributed by atoms with Gasteiger partial charge in [-0.25, -0.2) is 4.98 Å². The van der Waals surface area contributed by atoms with Crippen LogP contribution in [0.1, 0.15) is 36.7 Å². The monoisotopic (exact) mass is 305 g/mol. The fraction of sp³-hybridized carbons (Fsp3) is 0.263. The normalized spacial score (nSPS) is 19.4. The smallest absolute Gasteiger partial charge is 0.223 e. The number of nitrogens with zero attached hydrogens (tertiary/aromatic N) is 2. The van der Waals surface area contributed by atoms with Gasteiger partial charge in [-0.3, -0.25) is 4.79 Å².